The maximum atomic E-state index is 12.4. The van der Waals surface area contributed by atoms with Crippen LogP contribution in [0.4, 0.5) is 11.4 Å². The minimum Gasteiger partial charge on any atom is -0.497 e. The van der Waals surface area contributed by atoms with Gasteiger partial charge in [-0.25, -0.2) is 0 Å². The number of fused-ring (bicyclic) bond motifs is 1. The zero-order valence-corrected chi connectivity index (χ0v) is 12.0. The summed E-state index contributed by atoms with van der Waals surface area (Å²) < 4.78 is 10.6. The molecular formula is C16H12ClNO3. The molecule has 0 unspecified atom stereocenters. The third-order valence-electron chi connectivity index (χ3n) is 3.12. The van der Waals surface area contributed by atoms with Crippen LogP contribution in [-0.2, 0) is 0 Å². The van der Waals surface area contributed by atoms with Crippen molar-refractivity contribution in [2.45, 2.75) is 0 Å². The maximum Gasteiger partial charge on any atom is 0.216 e. The van der Waals surface area contributed by atoms with Gasteiger partial charge in [-0.05, 0) is 24.3 Å². The molecular weight excluding hydrogens is 290 g/mol. The topological polar surface area (TPSA) is 51.5 Å². The van der Waals surface area contributed by atoms with Crippen LogP contribution in [0.25, 0.3) is 11.0 Å². The summed E-state index contributed by atoms with van der Waals surface area (Å²) in [4.78, 5) is 12.4. The lowest BCUT2D eigenvalue weighted by molar-refractivity contribution is 0.414. The zero-order chi connectivity index (χ0) is 14.8. The van der Waals surface area contributed by atoms with E-state index in [4.69, 9.17) is 20.8 Å². The van der Waals surface area contributed by atoms with Crippen molar-refractivity contribution in [1.82, 2.24) is 0 Å². The fourth-order valence-electron chi connectivity index (χ4n) is 2.03. The molecule has 5 heteroatoms. The Balaban J connectivity index is 2.07. The SMILES string of the molecule is COc1ccc2c(=O)c(Nc3ccccc3Cl)coc2c1. The summed E-state index contributed by atoms with van der Waals surface area (Å²) in [7, 11) is 1.56. The first-order valence-electron chi connectivity index (χ1n) is 6.30. The molecule has 106 valence electrons. The van der Waals surface area contributed by atoms with Gasteiger partial charge < -0.3 is 14.5 Å². The molecule has 21 heavy (non-hydrogen) atoms. The molecule has 0 bridgehead atoms. The molecule has 0 atom stereocenters. The Labute approximate surface area is 125 Å². The van der Waals surface area contributed by atoms with E-state index in [0.717, 1.165) is 0 Å². The van der Waals surface area contributed by atoms with Gasteiger partial charge in [-0.3, -0.25) is 4.79 Å². The number of hydrogen-bond acceptors (Lipinski definition) is 4. The van der Waals surface area contributed by atoms with E-state index in [1.54, 1.807) is 37.4 Å². The molecule has 2 aromatic carbocycles. The second kappa shape index (κ2) is 5.50. The highest BCUT2D eigenvalue weighted by atomic mass is 35.5. The van der Waals surface area contributed by atoms with Crippen LogP contribution in [0.15, 0.2) is 57.9 Å². The average molecular weight is 302 g/mol. The Morgan fingerprint density at radius 2 is 1.95 bits per heavy atom. The fourth-order valence-corrected chi connectivity index (χ4v) is 2.21. The molecule has 0 aliphatic rings. The van der Waals surface area contributed by atoms with Crippen molar-refractivity contribution in [2.24, 2.45) is 0 Å². The van der Waals surface area contributed by atoms with Crippen molar-refractivity contribution in [3.8, 4) is 5.75 Å². The van der Waals surface area contributed by atoms with Gasteiger partial charge in [0.25, 0.3) is 0 Å². The van der Waals surface area contributed by atoms with Crippen LogP contribution in [0.1, 0.15) is 0 Å². The first-order valence-corrected chi connectivity index (χ1v) is 6.68. The smallest absolute Gasteiger partial charge is 0.216 e. The molecule has 1 N–H and O–H groups in total. The van der Waals surface area contributed by atoms with E-state index >= 15 is 0 Å². The summed E-state index contributed by atoms with van der Waals surface area (Å²) >= 11 is 6.07. The Morgan fingerprint density at radius 1 is 1.14 bits per heavy atom. The van der Waals surface area contributed by atoms with Gasteiger partial charge in [-0.1, -0.05) is 23.7 Å². The molecule has 0 aliphatic heterocycles. The summed E-state index contributed by atoms with van der Waals surface area (Å²) in [6, 6.07) is 12.3. The molecule has 1 aromatic heterocycles. The summed E-state index contributed by atoms with van der Waals surface area (Å²) in [6.07, 6.45) is 1.38. The van der Waals surface area contributed by atoms with Crippen LogP contribution in [-0.4, -0.2) is 7.11 Å². The van der Waals surface area contributed by atoms with Gasteiger partial charge >= 0.3 is 0 Å². The number of nitrogens with one attached hydrogen (secondary N) is 1. The van der Waals surface area contributed by atoms with Crippen LogP contribution in [0, 0.1) is 0 Å². The minimum absolute atomic E-state index is 0.154. The normalized spacial score (nSPS) is 10.6. The van der Waals surface area contributed by atoms with Gasteiger partial charge in [-0.2, -0.15) is 0 Å². The molecule has 4 nitrogen and oxygen atoms in total. The quantitative estimate of drug-likeness (QED) is 0.788. The van der Waals surface area contributed by atoms with E-state index in [1.807, 2.05) is 12.1 Å². The summed E-state index contributed by atoms with van der Waals surface area (Å²) in [5.74, 6) is 0.637. The van der Waals surface area contributed by atoms with Gasteiger partial charge in [0.05, 0.1) is 23.2 Å². The Morgan fingerprint density at radius 3 is 2.71 bits per heavy atom. The van der Waals surface area contributed by atoms with Crippen molar-refractivity contribution >= 4 is 33.9 Å². The number of rotatable bonds is 3. The largest absolute Gasteiger partial charge is 0.497 e. The van der Waals surface area contributed by atoms with Gasteiger partial charge in [0.1, 0.15) is 23.3 Å². The van der Waals surface area contributed by atoms with Gasteiger partial charge in [-0.15, -0.1) is 0 Å². The van der Waals surface area contributed by atoms with Crippen molar-refractivity contribution in [3.63, 3.8) is 0 Å². The molecule has 0 spiro atoms. The first-order chi connectivity index (χ1) is 10.2. The van der Waals surface area contributed by atoms with Crippen LogP contribution in [0.3, 0.4) is 0 Å². The standard InChI is InChI=1S/C16H12ClNO3/c1-20-10-6-7-11-15(8-10)21-9-14(16(11)19)18-13-5-3-2-4-12(13)17/h2-9,18H,1H3. The second-order valence-electron chi connectivity index (χ2n) is 4.45. The Bertz CT molecular complexity index is 858. The molecule has 1 heterocycles. The predicted molar refractivity (Wildman–Crippen MR) is 83.8 cm³/mol. The highest BCUT2D eigenvalue weighted by Crippen LogP contribution is 2.25. The fraction of sp³-hybridized carbons (Fsp3) is 0.0625. The highest BCUT2D eigenvalue weighted by molar-refractivity contribution is 6.33. The molecule has 0 aliphatic carbocycles. The van der Waals surface area contributed by atoms with E-state index in [-0.39, 0.29) is 5.43 Å². The average Bonchev–Trinajstić information content (AvgIpc) is 2.51. The zero-order valence-electron chi connectivity index (χ0n) is 11.2. The molecule has 0 saturated heterocycles. The van der Waals surface area contributed by atoms with E-state index < -0.39 is 0 Å². The molecule has 0 fully saturated rings. The molecule has 0 saturated carbocycles. The third-order valence-corrected chi connectivity index (χ3v) is 3.45. The van der Waals surface area contributed by atoms with Crippen LogP contribution in [0.5, 0.6) is 5.75 Å². The van der Waals surface area contributed by atoms with E-state index in [0.29, 0.717) is 33.1 Å². The maximum absolute atomic E-state index is 12.4. The molecule has 0 amide bonds. The van der Waals surface area contributed by atoms with Crippen molar-refractivity contribution in [2.75, 3.05) is 12.4 Å². The predicted octanol–water partition coefficient (Wildman–Crippen LogP) is 4.20. The van der Waals surface area contributed by atoms with Crippen LogP contribution in [0.2, 0.25) is 5.02 Å². The van der Waals surface area contributed by atoms with E-state index in [1.165, 1.54) is 6.26 Å². The number of hydrogen-bond donors (Lipinski definition) is 1. The monoisotopic (exact) mass is 301 g/mol. The van der Waals surface area contributed by atoms with Crippen LogP contribution < -0.4 is 15.5 Å². The van der Waals surface area contributed by atoms with Crippen molar-refractivity contribution < 1.29 is 9.15 Å². The van der Waals surface area contributed by atoms with Gasteiger partial charge in [0.15, 0.2) is 0 Å². The number of halogens is 1. The molecule has 3 rings (SSSR count). The lowest BCUT2D eigenvalue weighted by Gasteiger charge is -2.08. The summed E-state index contributed by atoms with van der Waals surface area (Å²) in [6.45, 7) is 0. The molecule has 3 aromatic rings. The number of ether oxygens (including phenoxy) is 1. The van der Waals surface area contributed by atoms with E-state index in [9.17, 15) is 4.79 Å². The van der Waals surface area contributed by atoms with Gasteiger partial charge in [0, 0.05) is 6.07 Å². The first kappa shape index (κ1) is 13.5. The second-order valence-corrected chi connectivity index (χ2v) is 4.85. The van der Waals surface area contributed by atoms with Crippen molar-refractivity contribution in [3.05, 3.63) is 64.0 Å². The number of benzene rings is 2. The minimum atomic E-state index is -0.154. The summed E-state index contributed by atoms with van der Waals surface area (Å²) in [5, 5.41) is 4.01. The highest BCUT2D eigenvalue weighted by Gasteiger charge is 2.09. The lowest BCUT2D eigenvalue weighted by Crippen LogP contribution is -2.08. The van der Waals surface area contributed by atoms with Crippen LogP contribution >= 0.6 is 11.6 Å². The van der Waals surface area contributed by atoms with Crippen molar-refractivity contribution in [1.29, 1.82) is 0 Å². The van der Waals surface area contributed by atoms with E-state index in [2.05, 4.69) is 5.32 Å². The van der Waals surface area contributed by atoms with Gasteiger partial charge in [0.2, 0.25) is 5.43 Å². The number of anilines is 2. The number of para-hydroxylation sites is 1. The summed E-state index contributed by atoms with van der Waals surface area (Å²) in [5.41, 5.74) is 1.31. The Kier molecular flexibility index (Phi) is 3.54. The lowest BCUT2D eigenvalue weighted by atomic mass is 10.2. The number of methoxy groups -OCH3 is 1. The third kappa shape index (κ3) is 2.58. The Hall–Kier alpha value is -2.46. The molecule has 0 radical (unpaired) electrons.